The van der Waals surface area contributed by atoms with Crippen LogP contribution in [-0.4, -0.2) is 0 Å². The highest BCUT2D eigenvalue weighted by molar-refractivity contribution is 7.26. The minimum absolute atomic E-state index is 0.910. The third-order valence-corrected chi connectivity index (χ3v) is 13.3. The molecule has 0 aliphatic rings. The predicted molar refractivity (Wildman–Crippen MR) is 243 cm³/mol. The van der Waals surface area contributed by atoms with Gasteiger partial charge in [-0.1, -0.05) is 127 Å². The Kier molecular flexibility index (Phi) is 6.35. The zero-order valence-corrected chi connectivity index (χ0v) is 31.4. The maximum atomic E-state index is 6.62. The van der Waals surface area contributed by atoms with Crippen molar-refractivity contribution >= 4 is 108 Å². The zero-order valence-electron chi connectivity index (χ0n) is 30.5. The second-order valence-corrected chi connectivity index (χ2v) is 16.2. The fourth-order valence-corrected chi connectivity index (χ4v) is 10.7. The van der Waals surface area contributed by atoms with Gasteiger partial charge in [0, 0.05) is 47.1 Å². The van der Waals surface area contributed by atoms with Crippen LogP contribution in [0.3, 0.4) is 0 Å². The van der Waals surface area contributed by atoms with Gasteiger partial charge in [0.1, 0.15) is 22.3 Å². The van der Waals surface area contributed by atoms with Gasteiger partial charge in [0.15, 0.2) is 0 Å². The van der Waals surface area contributed by atoms with Crippen LogP contribution in [0.15, 0.2) is 191 Å². The van der Waals surface area contributed by atoms with E-state index in [0.717, 1.165) is 38.5 Å². The minimum Gasteiger partial charge on any atom is -0.456 e. The minimum atomic E-state index is 0.910. The standard InChI is InChI=1S/C54H30O2S/c1-3-13-41-39(11-1)50(40-12-2-4-14-42(40)51(41)35-23-27-47-45(30-35)37-9-5-7-15-46(37)55-47)32-19-17-31(18-20-32)33-21-24-36-34(29-33)22-25-44-52-48(56-53(36)44)28-26-43-38-10-6-8-16-49(38)57-54(43)52/h1-30H. The predicted octanol–water partition coefficient (Wildman–Crippen LogP) is 16.3. The molecule has 0 aliphatic heterocycles. The summed E-state index contributed by atoms with van der Waals surface area (Å²) in [7, 11) is 0. The van der Waals surface area contributed by atoms with Gasteiger partial charge in [-0.25, -0.2) is 0 Å². The van der Waals surface area contributed by atoms with E-state index in [9.17, 15) is 0 Å². The number of hydrogen-bond donors (Lipinski definition) is 0. The Bertz CT molecular complexity index is 3750. The number of rotatable bonds is 3. The highest BCUT2D eigenvalue weighted by Crippen LogP contribution is 2.46. The molecule has 3 aromatic heterocycles. The van der Waals surface area contributed by atoms with Crippen molar-refractivity contribution in [2.45, 2.75) is 0 Å². The number of thiophene rings is 1. The maximum Gasteiger partial charge on any atom is 0.143 e. The summed E-state index contributed by atoms with van der Waals surface area (Å²) in [5, 5.41) is 14.5. The quantitative estimate of drug-likeness (QED) is 0.169. The van der Waals surface area contributed by atoms with E-state index >= 15 is 0 Å². The van der Waals surface area contributed by atoms with E-state index in [-0.39, 0.29) is 0 Å². The first-order chi connectivity index (χ1) is 28.2. The first-order valence-corrected chi connectivity index (χ1v) is 20.2. The molecule has 13 rings (SSSR count). The second kappa shape index (κ2) is 11.7. The Labute approximate surface area is 330 Å². The summed E-state index contributed by atoms with van der Waals surface area (Å²) in [6.07, 6.45) is 0. The summed E-state index contributed by atoms with van der Waals surface area (Å²) in [6.45, 7) is 0. The van der Waals surface area contributed by atoms with E-state index in [1.54, 1.807) is 0 Å². The molecular formula is C54H30O2S. The molecule has 3 heterocycles. The van der Waals surface area contributed by atoms with E-state index in [0.29, 0.717) is 0 Å². The Balaban J connectivity index is 0.927. The Morgan fingerprint density at radius 2 is 0.877 bits per heavy atom. The Hall–Kier alpha value is -7.20. The molecule has 0 saturated carbocycles. The van der Waals surface area contributed by atoms with E-state index in [1.807, 2.05) is 23.5 Å². The van der Waals surface area contributed by atoms with Gasteiger partial charge >= 0.3 is 0 Å². The van der Waals surface area contributed by atoms with Crippen molar-refractivity contribution < 1.29 is 8.83 Å². The number of hydrogen-bond acceptors (Lipinski definition) is 3. The molecule has 0 N–H and O–H groups in total. The van der Waals surface area contributed by atoms with Crippen LogP contribution in [-0.2, 0) is 0 Å². The average molecular weight is 743 g/mol. The summed E-state index contributed by atoms with van der Waals surface area (Å²) >= 11 is 1.85. The third-order valence-electron chi connectivity index (χ3n) is 12.1. The van der Waals surface area contributed by atoms with Gasteiger partial charge in [0.05, 0.1) is 0 Å². The molecule has 0 saturated heterocycles. The van der Waals surface area contributed by atoms with Crippen LogP contribution in [0.1, 0.15) is 0 Å². The Morgan fingerprint density at radius 1 is 0.316 bits per heavy atom. The zero-order chi connectivity index (χ0) is 37.2. The molecule has 0 radical (unpaired) electrons. The molecule has 0 amide bonds. The lowest BCUT2D eigenvalue weighted by atomic mass is 9.85. The molecule has 0 bridgehead atoms. The van der Waals surface area contributed by atoms with Crippen molar-refractivity contribution in [3.05, 3.63) is 182 Å². The van der Waals surface area contributed by atoms with Gasteiger partial charge in [-0.2, -0.15) is 0 Å². The van der Waals surface area contributed by atoms with Crippen molar-refractivity contribution in [2.24, 2.45) is 0 Å². The number of furan rings is 2. The first-order valence-electron chi connectivity index (χ1n) is 19.4. The van der Waals surface area contributed by atoms with Crippen molar-refractivity contribution in [2.75, 3.05) is 0 Å². The highest BCUT2D eigenvalue weighted by Gasteiger charge is 2.19. The summed E-state index contributed by atoms with van der Waals surface area (Å²) in [4.78, 5) is 0. The number of para-hydroxylation sites is 1. The fourth-order valence-electron chi connectivity index (χ4n) is 9.47. The molecule has 264 valence electrons. The fraction of sp³-hybridized carbons (Fsp3) is 0. The van der Waals surface area contributed by atoms with Gasteiger partial charge < -0.3 is 8.83 Å². The summed E-state index contributed by atoms with van der Waals surface area (Å²) in [5.74, 6) is 0. The molecular weight excluding hydrogens is 713 g/mol. The molecule has 13 aromatic rings. The molecule has 0 spiro atoms. The van der Waals surface area contributed by atoms with E-state index in [4.69, 9.17) is 8.83 Å². The van der Waals surface area contributed by atoms with E-state index in [1.165, 1.54) is 91.3 Å². The van der Waals surface area contributed by atoms with Gasteiger partial charge in [-0.3, -0.25) is 0 Å². The van der Waals surface area contributed by atoms with Crippen molar-refractivity contribution in [1.29, 1.82) is 0 Å². The first kappa shape index (κ1) is 31.1. The third kappa shape index (κ3) is 4.46. The summed E-state index contributed by atoms with van der Waals surface area (Å²) < 4.78 is 15.4. The Morgan fingerprint density at radius 3 is 1.65 bits per heavy atom. The van der Waals surface area contributed by atoms with Crippen LogP contribution in [0.5, 0.6) is 0 Å². The molecule has 57 heavy (non-hydrogen) atoms. The molecule has 3 heteroatoms. The van der Waals surface area contributed by atoms with Gasteiger partial charge in [-0.05, 0) is 115 Å². The molecule has 0 aliphatic carbocycles. The SMILES string of the molecule is c1ccc2c(c1)oc1ccc(-c3c4ccccc4c(-c4ccc(-c5ccc6c(ccc7c6oc6ccc8c9ccccc9sc8c67)c5)cc4)c4ccccc34)cc12. The topological polar surface area (TPSA) is 26.3 Å². The molecule has 0 unspecified atom stereocenters. The maximum absolute atomic E-state index is 6.62. The smallest absolute Gasteiger partial charge is 0.143 e. The summed E-state index contributed by atoms with van der Waals surface area (Å²) in [5.41, 5.74) is 11.0. The second-order valence-electron chi connectivity index (χ2n) is 15.1. The largest absolute Gasteiger partial charge is 0.456 e. The van der Waals surface area contributed by atoms with Crippen LogP contribution < -0.4 is 0 Å². The van der Waals surface area contributed by atoms with Gasteiger partial charge in [0.25, 0.3) is 0 Å². The lowest BCUT2D eigenvalue weighted by Crippen LogP contribution is -1.91. The summed E-state index contributed by atoms with van der Waals surface area (Å²) in [6, 6.07) is 66.0. The van der Waals surface area contributed by atoms with Crippen molar-refractivity contribution in [1.82, 2.24) is 0 Å². The van der Waals surface area contributed by atoms with Crippen LogP contribution in [0.25, 0.3) is 130 Å². The monoisotopic (exact) mass is 742 g/mol. The van der Waals surface area contributed by atoms with Crippen LogP contribution in [0.4, 0.5) is 0 Å². The van der Waals surface area contributed by atoms with Crippen molar-refractivity contribution in [3.63, 3.8) is 0 Å². The molecule has 2 nitrogen and oxygen atoms in total. The van der Waals surface area contributed by atoms with Crippen LogP contribution >= 0.6 is 11.3 Å². The van der Waals surface area contributed by atoms with Crippen LogP contribution in [0.2, 0.25) is 0 Å². The lowest BCUT2D eigenvalue weighted by Gasteiger charge is -2.18. The lowest BCUT2D eigenvalue weighted by molar-refractivity contribution is 0.669. The van der Waals surface area contributed by atoms with E-state index in [2.05, 4.69) is 170 Å². The average Bonchev–Trinajstić information content (AvgIpc) is 3.96. The number of fused-ring (bicyclic) bond motifs is 14. The molecule has 10 aromatic carbocycles. The number of benzene rings is 10. The van der Waals surface area contributed by atoms with E-state index < -0.39 is 0 Å². The normalized spacial score (nSPS) is 12.2. The highest BCUT2D eigenvalue weighted by atomic mass is 32.1. The van der Waals surface area contributed by atoms with Crippen molar-refractivity contribution in [3.8, 4) is 33.4 Å². The molecule has 0 atom stereocenters. The molecule has 0 fully saturated rings. The van der Waals surface area contributed by atoms with Crippen LogP contribution in [0, 0.1) is 0 Å². The van der Waals surface area contributed by atoms with Gasteiger partial charge in [-0.15, -0.1) is 11.3 Å². The van der Waals surface area contributed by atoms with Gasteiger partial charge in [0.2, 0.25) is 0 Å².